The molecule has 0 amide bonds. The molecule has 0 aliphatic carbocycles. The summed E-state index contributed by atoms with van der Waals surface area (Å²) in [6, 6.07) is 18.5. The molecule has 0 atom stereocenters. The maximum Gasteiger partial charge on any atom is 0.232 e. The van der Waals surface area contributed by atoms with Gasteiger partial charge < -0.3 is 20.4 Å². The van der Waals surface area contributed by atoms with Crippen molar-refractivity contribution in [2.45, 2.75) is 32.4 Å². The Morgan fingerprint density at radius 3 is 2.39 bits per heavy atom. The van der Waals surface area contributed by atoms with E-state index in [1.165, 1.54) is 24.0 Å². The summed E-state index contributed by atoms with van der Waals surface area (Å²) in [5, 5.41) is 7.60. The lowest BCUT2D eigenvalue weighted by molar-refractivity contribution is 0.719. The van der Waals surface area contributed by atoms with Gasteiger partial charge in [0.15, 0.2) is 5.11 Å². The Hall–Kier alpha value is -2.90. The molecule has 170 valence electrons. The van der Waals surface area contributed by atoms with Crippen LogP contribution < -0.4 is 20.4 Å². The molecule has 2 N–H and O–H groups in total. The second-order valence-corrected chi connectivity index (χ2v) is 9.26. The van der Waals surface area contributed by atoms with E-state index in [-0.39, 0.29) is 0 Å². The quantitative estimate of drug-likeness (QED) is 0.512. The van der Waals surface area contributed by atoms with Crippen LogP contribution in [0.1, 0.15) is 29.5 Å². The lowest BCUT2D eigenvalue weighted by atomic mass is 10.00. The zero-order valence-electron chi connectivity index (χ0n) is 18.4. The monoisotopic (exact) mass is 478 g/mol. The topological polar surface area (TPSA) is 56.3 Å². The fraction of sp³-hybridized carbons (Fsp3) is 0.320. The molecule has 2 aromatic carbocycles. The molecule has 6 nitrogen and oxygen atoms in total. The molecule has 0 unspecified atom stereocenters. The fourth-order valence-corrected chi connectivity index (χ4v) is 4.77. The molecule has 3 heterocycles. The summed E-state index contributed by atoms with van der Waals surface area (Å²) in [6.07, 6.45) is 3.40. The van der Waals surface area contributed by atoms with Crippen molar-refractivity contribution in [2.24, 2.45) is 0 Å². The number of benzene rings is 2. The van der Waals surface area contributed by atoms with Crippen molar-refractivity contribution in [3.63, 3.8) is 0 Å². The van der Waals surface area contributed by atoms with Crippen LogP contribution in [0.5, 0.6) is 0 Å². The third-order valence-electron chi connectivity index (χ3n) is 6.21. The van der Waals surface area contributed by atoms with Crippen LogP contribution in [-0.2, 0) is 19.5 Å². The van der Waals surface area contributed by atoms with E-state index in [0.717, 1.165) is 49.8 Å². The fourth-order valence-electron chi connectivity index (χ4n) is 4.40. The minimum Gasteiger partial charge on any atom is -0.358 e. The summed E-state index contributed by atoms with van der Waals surface area (Å²) >= 11 is 11.8. The first-order valence-electron chi connectivity index (χ1n) is 11.4. The van der Waals surface area contributed by atoms with Crippen molar-refractivity contribution in [1.82, 2.24) is 15.3 Å². The van der Waals surface area contributed by atoms with Gasteiger partial charge in [0, 0.05) is 43.8 Å². The Kier molecular flexibility index (Phi) is 6.60. The molecule has 1 saturated heterocycles. The van der Waals surface area contributed by atoms with Crippen molar-refractivity contribution < 1.29 is 0 Å². The lowest BCUT2D eigenvalue weighted by Gasteiger charge is -2.30. The molecule has 5 rings (SSSR count). The van der Waals surface area contributed by atoms with Gasteiger partial charge in [0.25, 0.3) is 0 Å². The molecule has 0 bridgehead atoms. The van der Waals surface area contributed by atoms with Crippen molar-refractivity contribution in [3.05, 3.63) is 76.3 Å². The molecule has 1 aromatic heterocycles. The predicted octanol–water partition coefficient (Wildman–Crippen LogP) is 4.78. The first-order chi connectivity index (χ1) is 16.2. The molecule has 2 aliphatic rings. The van der Waals surface area contributed by atoms with Crippen LogP contribution in [-0.4, -0.2) is 34.7 Å². The normalized spacial score (nSPS) is 15.3. The van der Waals surface area contributed by atoms with Gasteiger partial charge in [-0.3, -0.25) is 0 Å². The molecule has 0 spiro atoms. The number of fused-ring (bicyclic) bond motifs is 1. The van der Waals surface area contributed by atoms with Crippen LogP contribution in [0.4, 0.5) is 17.6 Å². The number of aromatic nitrogens is 2. The van der Waals surface area contributed by atoms with E-state index in [9.17, 15) is 0 Å². The van der Waals surface area contributed by atoms with Gasteiger partial charge in [0.05, 0.1) is 0 Å². The predicted molar refractivity (Wildman–Crippen MR) is 139 cm³/mol. The lowest BCUT2D eigenvalue weighted by Crippen LogP contribution is -2.33. The average Bonchev–Trinajstić information content (AvgIpc) is 3.38. The SMILES string of the molecule is S=C(NCc1ccccc1Cl)Nc1nc(N2CCCC2)cc(N2CCc3ccccc3C2)n1. The minimum atomic E-state index is 0.475. The zero-order chi connectivity index (χ0) is 22.6. The number of nitrogens with zero attached hydrogens (tertiary/aromatic N) is 4. The van der Waals surface area contributed by atoms with Crippen LogP contribution in [0.15, 0.2) is 54.6 Å². The van der Waals surface area contributed by atoms with Crippen LogP contribution in [0.2, 0.25) is 5.02 Å². The molecular formula is C25H27ClN6S. The second kappa shape index (κ2) is 9.93. The van der Waals surface area contributed by atoms with Crippen LogP contribution in [0.3, 0.4) is 0 Å². The maximum absolute atomic E-state index is 6.26. The third-order valence-corrected chi connectivity index (χ3v) is 6.82. The largest absolute Gasteiger partial charge is 0.358 e. The van der Waals surface area contributed by atoms with Gasteiger partial charge in [-0.15, -0.1) is 0 Å². The van der Waals surface area contributed by atoms with Crippen molar-refractivity contribution >= 4 is 46.5 Å². The van der Waals surface area contributed by atoms with Crippen LogP contribution in [0.25, 0.3) is 0 Å². The second-order valence-electron chi connectivity index (χ2n) is 8.44. The Bertz CT molecular complexity index is 1150. The number of rotatable bonds is 5. The van der Waals surface area contributed by atoms with Gasteiger partial charge in [-0.05, 0) is 54.2 Å². The summed E-state index contributed by atoms with van der Waals surface area (Å²) in [6.45, 7) is 4.36. The van der Waals surface area contributed by atoms with Gasteiger partial charge in [-0.1, -0.05) is 54.1 Å². The summed E-state index contributed by atoms with van der Waals surface area (Å²) in [5.74, 6) is 2.40. The van der Waals surface area contributed by atoms with E-state index < -0.39 is 0 Å². The summed E-state index contributed by atoms with van der Waals surface area (Å²) < 4.78 is 0. The smallest absolute Gasteiger partial charge is 0.232 e. The van der Waals surface area contributed by atoms with Crippen molar-refractivity contribution in [3.8, 4) is 0 Å². The molecule has 1 fully saturated rings. The Morgan fingerprint density at radius 1 is 0.909 bits per heavy atom. The Morgan fingerprint density at radius 2 is 1.61 bits per heavy atom. The highest BCUT2D eigenvalue weighted by Gasteiger charge is 2.21. The average molecular weight is 479 g/mol. The molecular weight excluding hydrogens is 452 g/mol. The standard InChI is InChI=1S/C25H27ClN6S/c26-21-10-4-3-8-19(21)16-27-25(33)30-24-28-22(31-12-5-6-13-31)15-23(29-24)32-14-11-18-7-1-2-9-20(18)17-32/h1-4,7-10,15H,5-6,11-14,16-17H2,(H2,27,28,29,30,33). The summed E-state index contributed by atoms with van der Waals surface area (Å²) in [4.78, 5) is 14.3. The number of hydrogen-bond donors (Lipinski definition) is 2. The van der Waals surface area contributed by atoms with Crippen molar-refractivity contribution in [1.29, 1.82) is 0 Å². The molecule has 3 aromatic rings. The molecule has 8 heteroatoms. The Balaban J connectivity index is 1.35. The van der Waals surface area contributed by atoms with Crippen molar-refractivity contribution in [2.75, 3.05) is 34.8 Å². The highest BCUT2D eigenvalue weighted by Crippen LogP contribution is 2.28. The first kappa shape index (κ1) is 21.9. The third kappa shape index (κ3) is 5.20. The van der Waals surface area contributed by atoms with E-state index in [2.05, 4.69) is 50.8 Å². The highest BCUT2D eigenvalue weighted by atomic mass is 35.5. The molecule has 2 aliphatic heterocycles. The number of anilines is 3. The zero-order valence-corrected chi connectivity index (χ0v) is 20.0. The van der Waals surface area contributed by atoms with Gasteiger partial charge >= 0.3 is 0 Å². The summed E-state index contributed by atoms with van der Waals surface area (Å²) in [5.41, 5.74) is 3.77. The minimum absolute atomic E-state index is 0.475. The first-order valence-corrected chi connectivity index (χ1v) is 12.2. The van der Waals surface area contributed by atoms with Gasteiger partial charge in [0.2, 0.25) is 5.95 Å². The highest BCUT2D eigenvalue weighted by molar-refractivity contribution is 7.80. The van der Waals surface area contributed by atoms with Crippen LogP contribution in [0, 0.1) is 0 Å². The van der Waals surface area contributed by atoms with Crippen LogP contribution >= 0.6 is 23.8 Å². The number of halogens is 1. The molecule has 33 heavy (non-hydrogen) atoms. The summed E-state index contributed by atoms with van der Waals surface area (Å²) in [7, 11) is 0. The number of thiocarbonyl (C=S) groups is 1. The van der Waals surface area contributed by atoms with Gasteiger partial charge in [-0.25, -0.2) is 0 Å². The number of hydrogen-bond acceptors (Lipinski definition) is 5. The number of nitrogens with one attached hydrogen (secondary N) is 2. The van der Waals surface area contributed by atoms with E-state index in [1.807, 2.05) is 24.3 Å². The van der Waals surface area contributed by atoms with E-state index in [1.54, 1.807) is 0 Å². The van der Waals surface area contributed by atoms with E-state index >= 15 is 0 Å². The molecule has 0 saturated carbocycles. The van der Waals surface area contributed by atoms with Gasteiger partial charge in [0.1, 0.15) is 11.6 Å². The van der Waals surface area contributed by atoms with E-state index in [4.69, 9.17) is 33.8 Å². The maximum atomic E-state index is 6.26. The van der Waals surface area contributed by atoms with Gasteiger partial charge in [-0.2, -0.15) is 9.97 Å². The van der Waals surface area contributed by atoms with E-state index in [0.29, 0.717) is 22.6 Å². The Labute approximate surface area is 205 Å². The molecule has 0 radical (unpaired) electrons.